The van der Waals surface area contributed by atoms with Crippen LogP contribution >= 0.6 is 0 Å². The molecule has 2 unspecified atom stereocenters. The van der Waals surface area contributed by atoms with E-state index in [1.807, 2.05) is 0 Å². The lowest BCUT2D eigenvalue weighted by Crippen LogP contribution is -2.47. The highest BCUT2D eigenvalue weighted by Gasteiger charge is 2.28. The van der Waals surface area contributed by atoms with Gasteiger partial charge in [-0.2, -0.15) is 0 Å². The van der Waals surface area contributed by atoms with E-state index in [1.165, 1.54) is 25.7 Å². The molecule has 0 spiro atoms. The first-order valence-corrected chi connectivity index (χ1v) is 7.37. The van der Waals surface area contributed by atoms with Crippen molar-refractivity contribution in [2.24, 2.45) is 0 Å². The molecule has 0 saturated carbocycles. The Balaban J connectivity index is 2.22. The molecule has 1 rings (SSSR count). The number of rotatable bonds is 7. The van der Waals surface area contributed by atoms with Gasteiger partial charge in [0.15, 0.2) is 0 Å². The number of aliphatic hydroxyl groups is 1. The van der Waals surface area contributed by atoms with Crippen LogP contribution in [0.4, 0.5) is 4.79 Å². The van der Waals surface area contributed by atoms with E-state index in [0.717, 1.165) is 25.8 Å². The monoisotopic (exact) mass is 256 g/mol. The number of hydrogen-bond acceptors (Lipinski definition) is 2. The highest BCUT2D eigenvalue weighted by molar-refractivity contribution is 5.75. The fourth-order valence-electron chi connectivity index (χ4n) is 2.54. The molecule has 2 atom stereocenters. The van der Waals surface area contributed by atoms with Crippen LogP contribution in [0.15, 0.2) is 0 Å². The van der Waals surface area contributed by atoms with Gasteiger partial charge in [-0.15, -0.1) is 0 Å². The van der Waals surface area contributed by atoms with Crippen molar-refractivity contribution < 1.29 is 9.90 Å². The minimum absolute atomic E-state index is 0.00505. The maximum Gasteiger partial charge on any atom is 0.317 e. The topological polar surface area (TPSA) is 52.6 Å². The number of likely N-dealkylation sites (tertiary alicyclic amines) is 1. The molecule has 0 aromatic heterocycles. The van der Waals surface area contributed by atoms with E-state index in [9.17, 15) is 9.90 Å². The molecule has 4 nitrogen and oxygen atoms in total. The fourth-order valence-corrected chi connectivity index (χ4v) is 2.54. The maximum absolute atomic E-state index is 12.0. The zero-order valence-corrected chi connectivity index (χ0v) is 11.8. The van der Waals surface area contributed by atoms with E-state index in [0.29, 0.717) is 0 Å². The summed E-state index contributed by atoms with van der Waals surface area (Å²) in [5.74, 6) is 0. The summed E-state index contributed by atoms with van der Waals surface area (Å²) in [6, 6.07) is 0.251. The molecular formula is C14H28N2O2. The van der Waals surface area contributed by atoms with Crippen LogP contribution in [0.3, 0.4) is 0 Å². The Morgan fingerprint density at radius 3 is 2.89 bits per heavy atom. The molecule has 0 aromatic rings. The Bertz CT molecular complexity index is 246. The molecule has 1 heterocycles. The van der Waals surface area contributed by atoms with Crippen molar-refractivity contribution in [2.45, 2.75) is 70.9 Å². The van der Waals surface area contributed by atoms with Gasteiger partial charge in [-0.1, -0.05) is 32.6 Å². The highest BCUT2D eigenvalue weighted by Crippen LogP contribution is 2.16. The second-order valence-corrected chi connectivity index (χ2v) is 5.37. The van der Waals surface area contributed by atoms with E-state index in [1.54, 1.807) is 4.90 Å². The Morgan fingerprint density at radius 2 is 2.22 bits per heavy atom. The number of unbranched alkanes of at least 4 members (excludes halogenated alkanes) is 3. The molecule has 106 valence electrons. The van der Waals surface area contributed by atoms with Gasteiger partial charge in [0.2, 0.25) is 0 Å². The van der Waals surface area contributed by atoms with Gasteiger partial charge < -0.3 is 15.3 Å². The second-order valence-electron chi connectivity index (χ2n) is 5.37. The lowest BCUT2D eigenvalue weighted by atomic mass is 10.1. The summed E-state index contributed by atoms with van der Waals surface area (Å²) in [5.41, 5.74) is 0. The minimum Gasteiger partial charge on any atom is -0.394 e. The Labute approximate surface area is 111 Å². The third kappa shape index (κ3) is 4.84. The molecule has 18 heavy (non-hydrogen) atoms. The van der Waals surface area contributed by atoms with Gasteiger partial charge in [-0.05, 0) is 26.2 Å². The summed E-state index contributed by atoms with van der Waals surface area (Å²) in [6.07, 6.45) is 7.92. The van der Waals surface area contributed by atoms with Crippen LogP contribution in [0.1, 0.15) is 58.8 Å². The first kappa shape index (κ1) is 15.3. The molecule has 1 aliphatic heterocycles. The van der Waals surface area contributed by atoms with Gasteiger partial charge in [0.1, 0.15) is 0 Å². The van der Waals surface area contributed by atoms with E-state index in [2.05, 4.69) is 19.2 Å². The van der Waals surface area contributed by atoms with Crippen LogP contribution in [0.25, 0.3) is 0 Å². The van der Waals surface area contributed by atoms with Gasteiger partial charge in [0, 0.05) is 12.6 Å². The predicted molar refractivity (Wildman–Crippen MR) is 73.6 cm³/mol. The molecule has 1 saturated heterocycles. The zero-order valence-electron chi connectivity index (χ0n) is 11.8. The number of nitrogens with one attached hydrogen (secondary N) is 1. The summed E-state index contributed by atoms with van der Waals surface area (Å²) in [7, 11) is 0. The summed E-state index contributed by atoms with van der Waals surface area (Å²) >= 11 is 0. The molecular weight excluding hydrogens is 228 g/mol. The van der Waals surface area contributed by atoms with Gasteiger partial charge in [-0.25, -0.2) is 4.79 Å². The summed E-state index contributed by atoms with van der Waals surface area (Å²) < 4.78 is 0. The average Bonchev–Trinajstić information content (AvgIpc) is 2.83. The zero-order chi connectivity index (χ0) is 13.4. The summed E-state index contributed by atoms with van der Waals surface area (Å²) in [6.45, 7) is 5.12. The largest absolute Gasteiger partial charge is 0.394 e. The lowest BCUT2D eigenvalue weighted by Gasteiger charge is -2.25. The molecule has 0 aliphatic carbocycles. The van der Waals surface area contributed by atoms with Crippen LogP contribution in [0.5, 0.6) is 0 Å². The second kappa shape index (κ2) is 8.35. The van der Waals surface area contributed by atoms with Crippen molar-refractivity contribution in [1.82, 2.24) is 10.2 Å². The fraction of sp³-hybridized carbons (Fsp3) is 0.929. The smallest absolute Gasteiger partial charge is 0.317 e. The molecule has 0 radical (unpaired) electrons. The third-order valence-electron chi connectivity index (χ3n) is 3.71. The number of aliphatic hydroxyl groups excluding tert-OH is 1. The van der Waals surface area contributed by atoms with Crippen LogP contribution in [-0.2, 0) is 0 Å². The van der Waals surface area contributed by atoms with Crippen molar-refractivity contribution >= 4 is 6.03 Å². The van der Waals surface area contributed by atoms with Gasteiger partial charge >= 0.3 is 6.03 Å². The van der Waals surface area contributed by atoms with E-state index in [-0.39, 0.29) is 24.7 Å². The van der Waals surface area contributed by atoms with Crippen molar-refractivity contribution in [3.63, 3.8) is 0 Å². The quantitative estimate of drug-likeness (QED) is 0.688. The molecule has 0 aromatic carbocycles. The predicted octanol–water partition coefficient (Wildman–Crippen LogP) is 2.51. The first-order valence-electron chi connectivity index (χ1n) is 7.37. The maximum atomic E-state index is 12.0. The normalized spacial score (nSPS) is 21.1. The van der Waals surface area contributed by atoms with E-state index >= 15 is 0 Å². The van der Waals surface area contributed by atoms with Crippen LogP contribution in [0.2, 0.25) is 0 Å². The van der Waals surface area contributed by atoms with Crippen molar-refractivity contribution in [2.75, 3.05) is 13.2 Å². The third-order valence-corrected chi connectivity index (χ3v) is 3.71. The Kier molecular flexibility index (Phi) is 7.09. The van der Waals surface area contributed by atoms with E-state index in [4.69, 9.17) is 0 Å². The van der Waals surface area contributed by atoms with Crippen molar-refractivity contribution in [3.8, 4) is 0 Å². The Hall–Kier alpha value is -0.770. The SMILES string of the molecule is CCCCCCC(C)NC(=O)N1CCCC1CO. The van der Waals surface area contributed by atoms with Gasteiger partial charge in [-0.3, -0.25) is 0 Å². The number of carbonyl (C=O) groups excluding carboxylic acids is 1. The highest BCUT2D eigenvalue weighted by atomic mass is 16.3. The van der Waals surface area contributed by atoms with Crippen molar-refractivity contribution in [3.05, 3.63) is 0 Å². The number of nitrogens with zero attached hydrogens (tertiary/aromatic N) is 1. The van der Waals surface area contributed by atoms with Gasteiger partial charge in [0.25, 0.3) is 0 Å². The first-order chi connectivity index (χ1) is 8.69. The van der Waals surface area contributed by atoms with Gasteiger partial charge in [0.05, 0.1) is 12.6 Å². The minimum atomic E-state index is -0.00505. The van der Waals surface area contributed by atoms with Crippen LogP contribution in [-0.4, -0.2) is 41.3 Å². The molecule has 2 N–H and O–H groups in total. The van der Waals surface area contributed by atoms with Crippen LogP contribution in [0, 0.1) is 0 Å². The number of carbonyl (C=O) groups is 1. The van der Waals surface area contributed by atoms with Crippen molar-refractivity contribution in [1.29, 1.82) is 0 Å². The molecule has 2 amide bonds. The number of hydrogen-bond donors (Lipinski definition) is 2. The molecule has 1 fully saturated rings. The standard InChI is InChI=1S/C14H28N2O2/c1-3-4-5-6-8-12(2)15-14(18)16-10-7-9-13(16)11-17/h12-13,17H,3-11H2,1-2H3,(H,15,18). The molecule has 1 aliphatic rings. The Morgan fingerprint density at radius 1 is 1.44 bits per heavy atom. The average molecular weight is 256 g/mol. The number of urea groups is 1. The van der Waals surface area contributed by atoms with Crippen LogP contribution < -0.4 is 5.32 Å². The summed E-state index contributed by atoms with van der Waals surface area (Å²) in [4.78, 5) is 13.8. The molecule has 4 heteroatoms. The molecule has 0 bridgehead atoms. The summed E-state index contributed by atoms with van der Waals surface area (Å²) in [5, 5.41) is 12.2. The number of amides is 2. The van der Waals surface area contributed by atoms with E-state index < -0.39 is 0 Å². The lowest BCUT2D eigenvalue weighted by molar-refractivity contribution is 0.154.